The van der Waals surface area contributed by atoms with Crippen molar-refractivity contribution in [1.29, 1.82) is 0 Å². The van der Waals surface area contributed by atoms with Crippen LogP contribution in [0.2, 0.25) is 0 Å². The van der Waals surface area contributed by atoms with Gasteiger partial charge in [0.25, 0.3) is 0 Å². The third-order valence-electron chi connectivity index (χ3n) is 5.70. The second kappa shape index (κ2) is 8.30. The number of amides is 2. The van der Waals surface area contributed by atoms with Gasteiger partial charge in [0.2, 0.25) is 11.8 Å². The zero-order chi connectivity index (χ0) is 19.6. The van der Waals surface area contributed by atoms with Crippen LogP contribution in [0.1, 0.15) is 63.9 Å². The first kappa shape index (κ1) is 19.7. The molecule has 1 aliphatic carbocycles. The number of hydrogen-bond acceptors (Lipinski definition) is 4. The molecule has 2 amide bonds. The Morgan fingerprint density at radius 3 is 2.63 bits per heavy atom. The molecule has 3 rings (SSSR count). The maximum absolute atomic E-state index is 12.3. The zero-order valence-corrected chi connectivity index (χ0v) is 16.5. The van der Waals surface area contributed by atoms with Crippen molar-refractivity contribution in [1.82, 2.24) is 0 Å². The Kier molecular flexibility index (Phi) is 6.05. The molecule has 1 aromatic carbocycles. The quantitative estimate of drug-likeness (QED) is 0.735. The van der Waals surface area contributed by atoms with E-state index in [1.807, 2.05) is 26.0 Å². The molecule has 0 unspecified atom stereocenters. The normalized spacial score (nSPS) is 24.9. The van der Waals surface area contributed by atoms with Crippen LogP contribution in [0, 0.1) is 11.8 Å². The monoisotopic (exact) mass is 373 g/mol. The number of methoxy groups -OCH3 is 1. The minimum absolute atomic E-state index is 0.0247. The third-order valence-corrected chi connectivity index (χ3v) is 5.70. The van der Waals surface area contributed by atoms with Crippen LogP contribution in [0.15, 0.2) is 12.1 Å². The Labute approximate surface area is 161 Å². The molecule has 1 fully saturated rings. The van der Waals surface area contributed by atoms with E-state index in [-0.39, 0.29) is 29.7 Å². The molecule has 6 nitrogen and oxygen atoms in total. The van der Waals surface area contributed by atoms with E-state index < -0.39 is 0 Å². The molecule has 2 aliphatic rings. The summed E-state index contributed by atoms with van der Waals surface area (Å²) in [4.78, 5) is 24.6. The van der Waals surface area contributed by atoms with Crippen molar-refractivity contribution >= 4 is 23.2 Å². The molecule has 0 spiro atoms. The highest BCUT2D eigenvalue weighted by atomic mass is 16.5. The molecule has 0 saturated heterocycles. The fourth-order valence-electron chi connectivity index (χ4n) is 4.33. The zero-order valence-electron chi connectivity index (χ0n) is 16.5. The van der Waals surface area contributed by atoms with Crippen molar-refractivity contribution in [3.05, 3.63) is 17.7 Å². The van der Waals surface area contributed by atoms with E-state index in [0.29, 0.717) is 30.2 Å². The number of ether oxygens (including phenoxy) is 1. The molecular weight excluding hydrogens is 342 g/mol. The smallest absolute Gasteiger partial charge is 0.225 e. The number of fused-ring (bicyclic) bond motifs is 1. The lowest BCUT2D eigenvalue weighted by atomic mass is 9.72. The van der Waals surface area contributed by atoms with Crippen molar-refractivity contribution < 1.29 is 14.3 Å². The fourth-order valence-corrected chi connectivity index (χ4v) is 4.33. The molecule has 27 heavy (non-hydrogen) atoms. The molecule has 0 bridgehead atoms. The topological polar surface area (TPSA) is 93.4 Å². The molecule has 4 N–H and O–H groups in total. The molecule has 148 valence electrons. The first-order valence-corrected chi connectivity index (χ1v) is 9.94. The molecule has 1 aliphatic heterocycles. The van der Waals surface area contributed by atoms with E-state index in [1.165, 1.54) is 0 Å². The van der Waals surface area contributed by atoms with Crippen LogP contribution in [-0.4, -0.2) is 25.0 Å². The van der Waals surface area contributed by atoms with Crippen LogP contribution >= 0.6 is 0 Å². The fraction of sp³-hybridized carbons (Fsp3) is 0.619. The Hall–Kier alpha value is -2.08. The van der Waals surface area contributed by atoms with Gasteiger partial charge < -0.3 is 21.1 Å². The van der Waals surface area contributed by atoms with Crippen LogP contribution in [0.25, 0.3) is 0 Å². The Morgan fingerprint density at radius 2 is 2.00 bits per heavy atom. The van der Waals surface area contributed by atoms with Crippen LogP contribution in [-0.2, 0) is 9.59 Å². The summed E-state index contributed by atoms with van der Waals surface area (Å²) in [6, 6.07) is 4.10. The van der Waals surface area contributed by atoms with Gasteiger partial charge in [-0.25, -0.2) is 0 Å². The average Bonchev–Trinajstić information content (AvgIpc) is 2.60. The second-order valence-electron chi connectivity index (χ2n) is 8.32. The molecule has 1 atom stereocenters. The van der Waals surface area contributed by atoms with Gasteiger partial charge in [0.05, 0.1) is 12.8 Å². The molecule has 0 aromatic heterocycles. The van der Waals surface area contributed by atoms with Crippen LogP contribution in [0.4, 0.5) is 11.4 Å². The highest BCUT2D eigenvalue weighted by molar-refractivity contribution is 5.98. The number of anilines is 2. The molecule has 0 radical (unpaired) electrons. The number of hydrogen-bond donors (Lipinski definition) is 3. The van der Waals surface area contributed by atoms with E-state index in [2.05, 4.69) is 10.6 Å². The summed E-state index contributed by atoms with van der Waals surface area (Å²) in [5.74, 6) is 1.48. The van der Waals surface area contributed by atoms with Crippen molar-refractivity contribution in [2.45, 2.75) is 64.3 Å². The van der Waals surface area contributed by atoms with E-state index >= 15 is 0 Å². The minimum Gasteiger partial charge on any atom is -0.494 e. The standard InChI is InChI=1S/C21H31N3O3/c1-12(2)8-20(25)24-18-9-16-15(13-4-6-14(22)7-5-13)10-21(26)23-17(16)11-19(18)27-3/h9,11-15H,4-8,10,22H2,1-3H3,(H,23,26)(H,24,25)/t13?,14?,15-/m1/s1. The predicted molar refractivity (Wildman–Crippen MR) is 107 cm³/mol. The summed E-state index contributed by atoms with van der Waals surface area (Å²) in [6.07, 6.45) is 5.04. The summed E-state index contributed by atoms with van der Waals surface area (Å²) in [5.41, 5.74) is 8.63. The van der Waals surface area contributed by atoms with Crippen molar-refractivity contribution in [3.63, 3.8) is 0 Å². The van der Waals surface area contributed by atoms with Gasteiger partial charge in [-0.2, -0.15) is 0 Å². The molecular formula is C21H31N3O3. The van der Waals surface area contributed by atoms with E-state index in [9.17, 15) is 9.59 Å². The first-order chi connectivity index (χ1) is 12.9. The van der Waals surface area contributed by atoms with Crippen molar-refractivity contribution in [2.24, 2.45) is 17.6 Å². The van der Waals surface area contributed by atoms with Gasteiger partial charge in [-0.1, -0.05) is 13.8 Å². The molecule has 1 aromatic rings. The number of carbonyl (C=O) groups is 2. The SMILES string of the molecule is COc1cc2c(cc1NC(=O)CC(C)C)[C@@H](C1CCC(N)CC1)CC(=O)N2. The van der Waals surface area contributed by atoms with Crippen LogP contribution in [0.3, 0.4) is 0 Å². The molecule has 1 heterocycles. The lowest BCUT2D eigenvalue weighted by Gasteiger charge is -2.36. The van der Waals surface area contributed by atoms with Crippen LogP contribution in [0.5, 0.6) is 5.75 Å². The molecule has 1 saturated carbocycles. The van der Waals surface area contributed by atoms with Gasteiger partial charge in [-0.05, 0) is 55.1 Å². The van der Waals surface area contributed by atoms with Crippen LogP contribution < -0.4 is 21.1 Å². The van der Waals surface area contributed by atoms with Crippen molar-refractivity contribution in [2.75, 3.05) is 17.7 Å². The van der Waals surface area contributed by atoms with Gasteiger partial charge in [0.1, 0.15) is 5.75 Å². The Morgan fingerprint density at radius 1 is 1.30 bits per heavy atom. The number of benzene rings is 1. The van der Waals surface area contributed by atoms with E-state index in [4.69, 9.17) is 10.5 Å². The molecule has 6 heteroatoms. The van der Waals surface area contributed by atoms with E-state index in [1.54, 1.807) is 7.11 Å². The number of nitrogens with one attached hydrogen (secondary N) is 2. The van der Waals surface area contributed by atoms with Gasteiger partial charge in [0.15, 0.2) is 0 Å². The largest absolute Gasteiger partial charge is 0.494 e. The third kappa shape index (κ3) is 4.61. The summed E-state index contributed by atoms with van der Waals surface area (Å²) in [6.45, 7) is 4.03. The van der Waals surface area contributed by atoms with Gasteiger partial charge in [-0.3, -0.25) is 9.59 Å². The highest BCUT2D eigenvalue weighted by Crippen LogP contribution is 2.46. The Balaban J connectivity index is 1.91. The van der Waals surface area contributed by atoms with E-state index in [0.717, 1.165) is 36.9 Å². The number of carbonyl (C=O) groups excluding carboxylic acids is 2. The maximum atomic E-state index is 12.3. The van der Waals surface area contributed by atoms with Gasteiger partial charge >= 0.3 is 0 Å². The number of nitrogens with two attached hydrogens (primary N) is 1. The highest BCUT2D eigenvalue weighted by Gasteiger charge is 2.34. The number of rotatable bonds is 5. The summed E-state index contributed by atoms with van der Waals surface area (Å²) >= 11 is 0. The first-order valence-electron chi connectivity index (χ1n) is 9.94. The minimum atomic E-state index is -0.0247. The average molecular weight is 373 g/mol. The predicted octanol–water partition coefficient (Wildman–Crippen LogP) is 3.62. The Bertz CT molecular complexity index is 709. The lowest BCUT2D eigenvalue weighted by molar-refractivity contribution is -0.118. The summed E-state index contributed by atoms with van der Waals surface area (Å²) < 4.78 is 5.46. The van der Waals surface area contributed by atoms with Crippen molar-refractivity contribution in [3.8, 4) is 5.75 Å². The van der Waals surface area contributed by atoms with Gasteiger partial charge in [0, 0.05) is 30.6 Å². The second-order valence-corrected chi connectivity index (χ2v) is 8.32. The maximum Gasteiger partial charge on any atom is 0.225 e. The summed E-state index contributed by atoms with van der Waals surface area (Å²) in [7, 11) is 1.57. The lowest BCUT2D eigenvalue weighted by Crippen LogP contribution is -2.33. The van der Waals surface area contributed by atoms with Gasteiger partial charge in [-0.15, -0.1) is 0 Å². The summed E-state index contributed by atoms with van der Waals surface area (Å²) in [5, 5.41) is 5.96.